The van der Waals surface area contributed by atoms with Crippen LogP contribution < -0.4 is 13.7 Å². The van der Waals surface area contributed by atoms with Crippen LogP contribution in [0.1, 0.15) is 5.56 Å². The predicted molar refractivity (Wildman–Crippen MR) is 85.0 cm³/mol. The summed E-state index contributed by atoms with van der Waals surface area (Å²) in [6, 6.07) is 15.5. The molecule has 4 nitrogen and oxygen atoms in total. The van der Waals surface area contributed by atoms with Crippen LogP contribution in [0.4, 0.5) is 0 Å². The lowest BCUT2D eigenvalue weighted by Gasteiger charge is -1.95. The van der Waals surface area contributed by atoms with E-state index in [1.54, 1.807) is 0 Å². The molecule has 7 rings (SSSR count). The third-order valence-electron chi connectivity index (χ3n) is 5.55. The van der Waals surface area contributed by atoms with Crippen LogP contribution >= 0.6 is 0 Å². The molecule has 4 aromatic heterocycles. The monoisotopic (exact) mass is 297 g/mol. The molecule has 0 fully saturated rings. The highest BCUT2D eigenvalue weighted by Gasteiger charge is 2.42. The van der Waals surface area contributed by atoms with Crippen LogP contribution in [0, 0.1) is 0 Å². The van der Waals surface area contributed by atoms with Crippen molar-refractivity contribution in [1.82, 2.24) is 4.40 Å². The lowest BCUT2D eigenvalue weighted by Crippen LogP contribution is -2.45. The molecule has 0 spiro atoms. The van der Waals surface area contributed by atoms with E-state index in [1.165, 1.54) is 44.2 Å². The van der Waals surface area contributed by atoms with E-state index in [1.807, 2.05) is 0 Å². The third kappa shape index (κ3) is 0.975. The minimum Gasteiger partial charge on any atom is -0.218 e. The Balaban J connectivity index is 2.01. The molecule has 0 atom stereocenters. The quantitative estimate of drug-likeness (QED) is 0.297. The fraction of sp³-hybridized carbons (Fsp3) is 0.105. The largest absolute Gasteiger partial charge is 0.345 e. The van der Waals surface area contributed by atoms with Gasteiger partial charge in [-0.05, 0) is 18.2 Å². The Hall–Kier alpha value is -3.01. The fourth-order valence-corrected chi connectivity index (χ4v) is 4.70. The summed E-state index contributed by atoms with van der Waals surface area (Å²) < 4.78 is 9.68. The second-order valence-electron chi connectivity index (χ2n) is 6.62. The summed E-state index contributed by atoms with van der Waals surface area (Å²) >= 11 is 0. The molecule has 0 amide bonds. The van der Waals surface area contributed by atoms with Crippen LogP contribution in [0.15, 0.2) is 54.9 Å². The number of benzene rings is 1. The van der Waals surface area contributed by atoms with Crippen molar-refractivity contribution in [3.8, 4) is 0 Å². The molecular weight excluding hydrogens is 284 g/mol. The Morgan fingerprint density at radius 3 is 2.70 bits per heavy atom. The van der Waals surface area contributed by atoms with Crippen LogP contribution in [0.5, 0.6) is 0 Å². The summed E-state index contributed by atoms with van der Waals surface area (Å²) in [5.41, 5.74) is 9.45. The van der Waals surface area contributed by atoms with Gasteiger partial charge in [-0.3, -0.25) is 0 Å². The lowest BCUT2D eigenvalue weighted by molar-refractivity contribution is -0.872. The first-order valence-corrected chi connectivity index (χ1v) is 8.04. The molecule has 23 heavy (non-hydrogen) atoms. The molecule has 0 aliphatic carbocycles. The van der Waals surface area contributed by atoms with Crippen molar-refractivity contribution in [3.05, 3.63) is 60.4 Å². The molecule has 0 unspecified atom stereocenters. The van der Waals surface area contributed by atoms with E-state index in [-0.39, 0.29) is 0 Å². The molecule has 6 heterocycles. The average molecular weight is 297 g/mol. The second-order valence-corrected chi connectivity index (χ2v) is 6.62. The maximum absolute atomic E-state index is 2.47. The first-order valence-electron chi connectivity index (χ1n) is 8.04. The first-order chi connectivity index (χ1) is 11.4. The van der Waals surface area contributed by atoms with E-state index >= 15 is 0 Å². The average Bonchev–Trinajstić information content (AvgIpc) is 3.23. The predicted octanol–water partition coefficient (Wildman–Crippen LogP) is 1.44. The van der Waals surface area contributed by atoms with Gasteiger partial charge in [0.25, 0.3) is 0 Å². The number of rotatable bonds is 0. The van der Waals surface area contributed by atoms with Crippen molar-refractivity contribution in [3.63, 3.8) is 0 Å². The summed E-state index contributed by atoms with van der Waals surface area (Å²) in [7, 11) is 0. The van der Waals surface area contributed by atoms with E-state index in [0.717, 1.165) is 13.2 Å². The zero-order valence-electron chi connectivity index (χ0n) is 12.4. The van der Waals surface area contributed by atoms with Gasteiger partial charge in [0.1, 0.15) is 6.54 Å². The molecule has 5 aromatic rings. The van der Waals surface area contributed by atoms with E-state index in [2.05, 4.69) is 73.0 Å². The van der Waals surface area contributed by atoms with E-state index in [9.17, 15) is 0 Å². The normalized spacial score (nSPS) is 14.6. The maximum Gasteiger partial charge on any atom is 0.345 e. The number of pyridine rings is 3. The van der Waals surface area contributed by atoms with Crippen molar-refractivity contribution in [2.75, 3.05) is 0 Å². The Morgan fingerprint density at radius 1 is 0.826 bits per heavy atom. The topological polar surface area (TPSA) is 16.0 Å². The Kier molecular flexibility index (Phi) is 1.47. The van der Waals surface area contributed by atoms with Crippen LogP contribution in [-0.4, -0.2) is 4.40 Å². The van der Waals surface area contributed by atoms with E-state index in [0.29, 0.717) is 0 Å². The summed E-state index contributed by atoms with van der Waals surface area (Å²) in [6.45, 7) is 1.88. The summed E-state index contributed by atoms with van der Waals surface area (Å²) in [5.74, 6) is 0. The number of fused-ring (bicyclic) bond motifs is 4. The zero-order chi connectivity index (χ0) is 14.7. The standard InChI is InChI=1S/C19H13N4/c1-2-5-14-13(4-1)22-10-12-7-9-21-11-20-8-3-6-15-17(20)18(21)16(12)19(22)23(14)15/h1-9H,10-11H2/q+3. The molecule has 0 N–H and O–H groups in total. The minimum absolute atomic E-state index is 0.911. The van der Waals surface area contributed by atoms with Crippen LogP contribution in [-0.2, 0) is 13.2 Å². The number of nitrogens with zero attached hydrogens (tertiary/aromatic N) is 4. The highest BCUT2D eigenvalue weighted by Crippen LogP contribution is 2.34. The van der Waals surface area contributed by atoms with Gasteiger partial charge in [-0.2, -0.15) is 4.40 Å². The Morgan fingerprint density at radius 2 is 1.70 bits per heavy atom. The summed E-state index contributed by atoms with van der Waals surface area (Å²) in [5, 5.41) is 1.42. The van der Waals surface area contributed by atoms with Gasteiger partial charge in [0.15, 0.2) is 28.8 Å². The van der Waals surface area contributed by atoms with Gasteiger partial charge in [-0.25, -0.2) is 4.57 Å². The molecule has 0 saturated carbocycles. The van der Waals surface area contributed by atoms with Gasteiger partial charge in [-0.1, -0.05) is 12.1 Å². The van der Waals surface area contributed by atoms with Gasteiger partial charge >= 0.3 is 23.3 Å². The molecule has 1 aromatic carbocycles. The number of hydrogen-bond donors (Lipinski definition) is 0. The molecule has 4 heteroatoms. The van der Waals surface area contributed by atoms with Gasteiger partial charge in [0, 0.05) is 17.7 Å². The number of imidazole rings is 1. The SMILES string of the molecule is c1ccc2c(c1)n1c3ccc[n+]4c3c3c5c(cc[n+]3C4)C[n+]2c51. The van der Waals surface area contributed by atoms with Crippen molar-refractivity contribution in [2.24, 2.45) is 0 Å². The Labute approximate surface area is 131 Å². The van der Waals surface area contributed by atoms with Gasteiger partial charge < -0.3 is 0 Å². The second kappa shape index (κ2) is 3.18. The van der Waals surface area contributed by atoms with Gasteiger partial charge in [-0.15, -0.1) is 9.13 Å². The third-order valence-corrected chi connectivity index (χ3v) is 5.55. The molecule has 0 bridgehead atoms. The molecule has 0 saturated heterocycles. The van der Waals surface area contributed by atoms with Crippen LogP contribution in [0.2, 0.25) is 0 Å². The molecular formula is C19H13N4+3. The molecule has 0 radical (unpaired) electrons. The summed E-state index contributed by atoms with van der Waals surface area (Å²) in [4.78, 5) is 0. The Bertz CT molecular complexity index is 1360. The van der Waals surface area contributed by atoms with Crippen molar-refractivity contribution < 1.29 is 13.7 Å². The van der Waals surface area contributed by atoms with Crippen LogP contribution in [0.25, 0.3) is 38.6 Å². The highest BCUT2D eigenvalue weighted by atomic mass is 15.2. The lowest BCUT2D eigenvalue weighted by atomic mass is 10.1. The fourth-order valence-electron chi connectivity index (χ4n) is 4.70. The molecule has 2 aliphatic rings. The number of para-hydroxylation sites is 2. The van der Waals surface area contributed by atoms with Crippen molar-refractivity contribution >= 4 is 38.6 Å². The maximum atomic E-state index is 2.47. The number of aromatic nitrogens is 4. The molecule has 2 aliphatic heterocycles. The zero-order valence-corrected chi connectivity index (χ0v) is 12.4. The van der Waals surface area contributed by atoms with Crippen molar-refractivity contribution in [1.29, 1.82) is 0 Å². The van der Waals surface area contributed by atoms with Gasteiger partial charge in [0.05, 0.1) is 0 Å². The summed E-state index contributed by atoms with van der Waals surface area (Å²) in [6.07, 6.45) is 4.44. The minimum atomic E-state index is 0.911. The number of hydrogen-bond acceptors (Lipinski definition) is 0. The first kappa shape index (κ1) is 10.7. The van der Waals surface area contributed by atoms with Crippen molar-refractivity contribution in [2.45, 2.75) is 13.2 Å². The van der Waals surface area contributed by atoms with E-state index < -0.39 is 0 Å². The van der Waals surface area contributed by atoms with E-state index in [4.69, 9.17) is 0 Å². The highest BCUT2D eigenvalue weighted by molar-refractivity contribution is 6.08. The van der Waals surface area contributed by atoms with Crippen LogP contribution in [0.3, 0.4) is 0 Å². The van der Waals surface area contributed by atoms with Gasteiger partial charge in [0.2, 0.25) is 5.52 Å². The molecule has 106 valence electrons. The smallest absolute Gasteiger partial charge is 0.218 e.